The van der Waals surface area contributed by atoms with Crippen LogP contribution < -0.4 is 5.56 Å². The van der Waals surface area contributed by atoms with Gasteiger partial charge in [0.05, 0.1) is 26.4 Å². The highest BCUT2D eigenvalue weighted by Crippen LogP contribution is 2.37. The van der Waals surface area contributed by atoms with Gasteiger partial charge in [-0.3, -0.25) is 14.9 Å². The van der Waals surface area contributed by atoms with Gasteiger partial charge in [-0.05, 0) is 30.7 Å². The molecule has 140 valence electrons. The van der Waals surface area contributed by atoms with E-state index in [4.69, 9.17) is 23.2 Å². The van der Waals surface area contributed by atoms with E-state index in [0.717, 1.165) is 0 Å². The molecule has 0 saturated carbocycles. The molecule has 2 aromatic heterocycles. The van der Waals surface area contributed by atoms with Gasteiger partial charge in [0.1, 0.15) is 5.65 Å². The maximum Gasteiger partial charge on any atom is 0.274 e. The lowest BCUT2D eigenvalue weighted by Gasteiger charge is -2.07. The van der Waals surface area contributed by atoms with Gasteiger partial charge < -0.3 is 4.98 Å². The fraction of sp³-hybridized carbons (Fsp3) is 0.0526. The van der Waals surface area contributed by atoms with Gasteiger partial charge in [-0.1, -0.05) is 35.3 Å². The van der Waals surface area contributed by atoms with Crippen LogP contribution in [-0.4, -0.2) is 19.5 Å². The maximum absolute atomic E-state index is 12.6. The highest BCUT2D eigenvalue weighted by Gasteiger charge is 2.18. The largest absolute Gasteiger partial charge is 0.339 e. The Bertz CT molecular complexity index is 1290. The van der Waals surface area contributed by atoms with Crippen LogP contribution in [0.25, 0.3) is 28.0 Å². The third kappa shape index (κ3) is 2.94. The zero-order chi connectivity index (χ0) is 20.0. The molecular weight excluding hydrogens is 403 g/mol. The number of benzene rings is 2. The number of non-ortho nitro benzene ring substituents is 1. The van der Waals surface area contributed by atoms with Crippen LogP contribution in [-0.2, 0) is 0 Å². The third-order valence-corrected chi connectivity index (χ3v) is 5.22. The Labute approximate surface area is 168 Å². The molecule has 9 heteroatoms. The van der Waals surface area contributed by atoms with Crippen LogP contribution in [0.3, 0.4) is 0 Å². The number of fused-ring (bicyclic) bond motifs is 1. The van der Waals surface area contributed by atoms with Crippen molar-refractivity contribution in [3.8, 4) is 22.4 Å². The van der Waals surface area contributed by atoms with Crippen molar-refractivity contribution in [1.29, 1.82) is 0 Å². The summed E-state index contributed by atoms with van der Waals surface area (Å²) in [5.74, 6) is 0. The summed E-state index contributed by atoms with van der Waals surface area (Å²) in [7, 11) is 0. The predicted molar refractivity (Wildman–Crippen MR) is 108 cm³/mol. The first kappa shape index (κ1) is 18.2. The van der Waals surface area contributed by atoms with Crippen LogP contribution in [0.4, 0.5) is 5.69 Å². The molecule has 28 heavy (non-hydrogen) atoms. The number of nitrogens with zero attached hydrogens (tertiary/aromatic N) is 3. The molecular formula is C19H12Cl2N4O3. The van der Waals surface area contributed by atoms with Crippen molar-refractivity contribution in [2.75, 3.05) is 0 Å². The lowest BCUT2D eigenvalue weighted by molar-refractivity contribution is -0.384. The third-order valence-electron chi connectivity index (χ3n) is 4.40. The molecule has 0 spiro atoms. The standard InChI is InChI=1S/C19H12Cl2N4O3/c1-10-17(13-3-2-4-14(20)18(13)21)19-22-15(9-16(26)24(19)23-10)11-5-7-12(8-6-11)25(27)28/h2-9,22H,1H3. The number of aromatic nitrogens is 3. The minimum Gasteiger partial charge on any atom is -0.339 e. The molecule has 4 rings (SSSR count). The smallest absolute Gasteiger partial charge is 0.274 e. The van der Waals surface area contributed by atoms with Gasteiger partial charge in [0, 0.05) is 29.3 Å². The zero-order valence-electron chi connectivity index (χ0n) is 14.4. The van der Waals surface area contributed by atoms with E-state index in [9.17, 15) is 14.9 Å². The van der Waals surface area contributed by atoms with E-state index in [1.165, 1.54) is 22.7 Å². The van der Waals surface area contributed by atoms with Crippen molar-refractivity contribution in [3.05, 3.63) is 84.7 Å². The summed E-state index contributed by atoms with van der Waals surface area (Å²) in [6, 6.07) is 12.6. The summed E-state index contributed by atoms with van der Waals surface area (Å²) < 4.78 is 1.26. The van der Waals surface area contributed by atoms with Gasteiger partial charge in [0.15, 0.2) is 0 Å². The summed E-state index contributed by atoms with van der Waals surface area (Å²) in [6.07, 6.45) is 0. The number of aromatic amines is 1. The minimum atomic E-state index is -0.477. The molecule has 0 aliphatic rings. The van der Waals surface area contributed by atoms with Gasteiger partial charge in [0.25, 0.3) is 11.2 Å². The molecule has 2 heterocycles. The molecule has 4 aromatic rings. The van der Waals surface area contributed by atoms with Crippen LogP contribution in [0, 0.1) is 17.0 Å². The van der Waals surface area contributed by atoms with Crippen molar-refractivity contribution < 1.29 is 4.92 Å². The summed E-state index contributed by atoms with van der Waals surface area (Å²) in [5, 5.41) is 15.9. The molecule has 0 radical (unpaired) electrons. The van der Waals surface area contributed by atoms with Gasteiger partial charge >= 0.3 is 0 Å². The lowest BCUT2D eigenvalue weighted by atomic mass is 10.1. The Morgan fingerprint density at radius 2 is 1.86 bits per heavy atom. The maximum atomic E-state index is 12.6. The summed E-state index contributed by atoms with van der Waals surface area (Å²) in [4.78, 5) is 26.2. The number of aryl methyl sites for hydroxylation is 1. The molecule has 1 N–H and O–H groups in total. The average molecular weight is 415 g/mol. The number of hydrogen-bond donors (Lipinski definition) is 1. The fourth-order valence-corrected chi connectivity index (χ4v) is 3.48. The van der Waals surface area contributed by atoms with Crippen LogP contribution in [0.15, 0.2) is 53.3 Å². The van der Waals surface area contributed by atoms with Crippen LogP contribution in [0.2, 0.25) is 10.0 Å². The highest BCUT2D eigenvalue weighted by atomic mass is 35.5. The lowest BCUT2D eigenvalue weighted by Crippen LogP contribution is -2.14. The van der Waals surface area contributed by atoms with Crippen LogP contribution >= 0.6 is 23.2 Å². The number of nitro benzene ring substituents is 1. The molecule has 0 saturated heterocycles. The summed E-state index contributed by atoms with van der Waals surface area (Å²) in [5.41, 5.74) is 3.15. The molecule has 0 amide bonds. The Morgan fingerprint density at radius 3 is 2.54 bits per heavy atom. The van der Waals surface area contributed by atoms with E-state index < -0.39 is 4.92 Å². The molecule has 0 atom stereocenters. The molecule has 7 nitrogen and oxygen atoms in total. The number of halogens is 2. The second-order valence-electron chi connectivity index (χ2n) is 6.15. The SMILES string of the molecule is Cc1nn2c(=O)cc(-c3ccc([N+](=O)[O-])cc3)[nH]c2c1-c1cccc(Cl)c1Cl. The highest BCUT2D eigenvalue weighted by molar-refractivity contribution is 6.43. The fourth-order valence-electron chi connectivity index (χ4n) is 3.09. The summed E-state index contributed by atoms with van der Waals surface area (Å²) in [6.45, 7) is 1.78. The Hall–Kier alpha value is -3.16. The monoisotopic (exact) mass is 414 g/mol. The molecule has 2 aromatic carbocycles. The van der Waals surface area contributed by atoms with E-state index in [2.05, 4.69) is 10.1 Å². The van der Waals surface area contributed by atoms with Gasteiger partial charge in [-0.15, -0.1) is 0 Å². The van der Waals surface area contributed by atoms with E-state index in [-0.39, 0.29) is 11.2 Å². The molecule has 0 unspecified atom stereocenters. The van der Waals surface area contributed by atoms with Crippen LogP contribution in [0.5, 0.6) is 0 Å². The van der Waals surface area contributed by atoms with E-state index >= 15 is 0 Å². The zero-order valence-corrected chi connectivity index (χ0v) is 16.0. The normalized spacial score (nSPS) is 11.1. The van der Waals surface area contributed by atoms with Gasteiger partial charge in [-0.2, -0.15) is 9.61 Å². The molecule has 0 aliphatic heterocycles. The number of nitrogens with one attached hydrogen (secondary N) is 1. The second kappa shape index (κ2) is 6.78. The summed E-state index contributed by atoms with van der Waals surface area (Å²) >= 11 is 12.5. The van der Waals surface area contributed by atoms with E-state index in [1.807, 2.05) is 0 Å². The number of nitro groups is 1. The van der Waals surface area contributed by atoms with Gasteiger partial charge in [0.2, 0.25) is 0 Å². The van der Waals surface area contributed by atoms with E-state index in [1.54, 1.807) is 37.3 Å². The van der Waals surface area contributed by atoms with Crippen LogP contribution in [0.1, 0.15) is 5.69 Å². The first-order valence-corrected chi connectivity index (χ1v) is 8.94. The molecule has 0 fully saturated rings. The number of hydrogen-bond acceptors (Lipinski definition) is 4. The predicted octanol–water partition coefficient (Wildman–Crippen LogP) is 4.88. The van der Waals surface area contributed by atoms with Crippen molar-refractivity contribution in [2.45, 2.75) is 6.92 Å². The first-order valence-electron chi connectivity index (χ1n) is 8.18. The number of rotatable bonds is 3. The Balaban J connectivity index is 1.96. The molecule has 0 bridgehead atoms. The van der Waals surface area contributed by atoms with Crippen molar-refractivity contribution in [3.63, 3.8) is 0 Å². The topological polar surface area (TPSA) is 93.3 Å². The average Bonchev–Trinajstić information content (AvgIpc) is 3.00. The van der Waals surface area contributed by atoms with Gasteiger partial charge in [-0.25, -0.2) is 0 Å². The second-order valence-corrected chi connectivity index (χ2v) is 6.93. The van der Waals surface area contributed by atoms with Crippen molar-refractivity contribution >= 4 is 34.5 Å². The Morgan fingerprint density at radius 1 is 1.14 bits per heavy atom. The van der Waals surface area contributed by atoms with Crippen molar-refractivity contribution in [1.82, 2.24) is 14.6 Å². The minimum absolute atomic E-state index is 0.0289. The van der Waals surface area contributed by atoms with Crippen molar-refractivity contribution in [2.24, 2.45) is 0 Å². The van der Waals surface area contributed by atoms with E-state index in [0.29, 0.717) is 43.8 Å². The quantitative estimate of drug-likeness (QED) is 0.381. The number of H-pyrrole nitrogens is 1. The Kier molecular flexibility index (Phi) is 4.41. The molecule has 0 aliphatic carbocycles. The first-order chi connectivity index (χ1) is 13.4.